The first-order chi connectivity index (χ1) is 11.8. The number of aryl methyl sites for hydroxylation is 1. The van der Waals surface area contributed by atoms with Crippen LogP contribution in [0.15, 0.2) is 41.0 Å². The quantitative estimate of drug-likeness (QED) is 0.844. The molecule has 2 aromatic heterocycles. The molecule has 0 amide bonds. The summed E-state index contributed by atoms with van der Waals surface area (Å²) in [4.78, 5) is 9.59. The Hall–Kier alpha value is -1.69. The van der Waals surface area contributed by atoms with Gasteiger partial charge in [0.15, 0.2) is 0 Å². The van der Waals surface area contributed by atoms with Gasteiger partial charge in [0.2, 0.25) is 0 Å². The standard InChI is InChI=1S/C19H25N3O2/c1-15-4-2-5-16(20-15)14-24-19-10-17-11-21(7-8-22(17)13-19)12-18-6-3-9-23-18/h2-6,9,17,19H,7-8,10-14H2,1H3/t17-,19-/m0/s1. The van der Waals surface area contributed by atoms with E-state index >= 15 is 0 Å². The molecule has 0 spiro atoms. The van der Waals surface area contributed by atoms with Gasteiger partial charge in [-0.3, -0.25) is 14.8 Å². The van der Waals surface area contributed by atoms with Gasteiger partial charge in [-0.05, 0) is 37.6 Å². The summed E-state index contributed by atoms with van der Waals surface area (Å²) >= 11 is 0. The number of furan rings is 1. The van der Waals surface area contributed by atoms with Crippen LogP contribution in [0.1, 0.15) is 23.6 Å². The third-order valence-corrected chi connectivity index (χ3v) is 5.03. The lowest BCUT2D eigenvalue weighted by molar-refractivity contribution is 0.0438. The van der Waals surface area contributed by atoms with Gasteiger partial charge in [-0.15, -0.1) is 0 Å². The molecule has 2 saturated heterocycles. The van der Waals surface area contributed by atoms with Crippen LogP contribution >= 0.6 is 0 Å². The Morgan fingerprint density at radius 2 is 2.17 bits per heavy atom. The molecule has 2 aliphatic rings. The van der Waals surface area contributed by atoms with Crippen LogP contribution in [0.25, 0.3) is 0 Å². The summed E-state index contributed by atoms with van der Waals surface area (Å²) in [5.74, 6) is 1.06. The predicted molar refractivity (Wildman–Crippen MR) is 91.5 cm³/mol. The van der Waals surface area contributed by atoms with Crippen molar-refractivity contribution in [3.8, 4) is 0 Å². The maximum Gasteiger partial charge on any atom is 0.117 e. The number of nitrogens with zero attached hydrogens (tertiary/aromatic N) is 3. The van der Waals surface area contributed by atoms with Crippen LogP contribution in [0.5, 0.6) is 0 Å². The molecule has 0 N–H and O–H groups in total. The van der Waals surface area contributed by atoms with E-state index in [2.05, 4.69) is 20.9 Å². The summed E-state index contributed by atoms with van der Waals surface area (Å²) in [5, 5.41) is 0. The maximum absolute atomic E-state index is 6.14. The van der Waals surface area contributed by atoms with Crippen molar-refractivity contribution < 1.29 is 9.15 Å². The lowest BCUT2D eigenvalue weighted by atomic mass is 10.1. The molecule has 4 heterocycles. The van der Waals surface area contributed by atoms with Crippen LogP contribution in [0.3, 0.4) is 0 Å². The second-order valence-electron chi connectivity index (χ2n) is 6.90. The van der Waals surface area contributed by atoms with Gasteiger partial charge in [0.1, 0.15) is 5.76 Å². The summed E-state index contributed by atoms with van der Waals surface area (Å²) in [5.41, 5.74) is 2.08. The molecule has 4 rings (SSSR count). The summed E-state index contributed by atoms with van der Waals surface area (Å²) < 4.78 is 11.6. The molecular formula is C19H25N3O2. The van der Waals surface area contributed by atoms with Gasteiger partial charge in [0, 0.05) is 37.9 Å². The highest BCUT2D eigenvalue weighted by molar-refractivity contribution is 5.09. The molecule has 0 unspecified atom stereocenters. The largest absolute Gasteiger partial charge is 0.468 e. The lowest BCUT2D eigenvalue weighted by Gasteiger charge is -2.36. The highest BCUT2D eigenvalue weighted by Crippen LogP contribution is 2.25. The summed E-state index contributed by atoms with van der Waals surface area (Å²) in [6, 6.07) is 10.7. The molecule has 128 valence electrons. The van der Waals surface area contributed by atoms with Crippen LogP contribution in [-0.4, -0.2) is 53.1 Å². The molecule has 0 aromatic carbocycles. The van der Waals surface area contributed by atoms with Crippen molar-refractivity contribution in [3.63, 3.8) is 0 Å². The molecule has 5 heteroatoms. The molecule has 2 atom stereocenters. The topological polar surface area (TPSA) is 41.7 Å². The van der Waals surface area contributed by atoms with Crippen molar-refractivity contribution in [2.75, 3.05) is 26.2 Å². The Kier molecular flexibility index (Phi) is 4.65. The van der Waals surface area contributed by atoms with E-state index < -0.39 is 0 Å². The van der Waals surface area contributed by atoms with Crippen molar-refractivity contribution in [1.82, 2.24) is 14.8 Å². The van der Waals surface area contributed by atoms with Gasteiger partial charge < -0.3 is 9.15 Å². The van der Waals surface area contributed by atoms with Gasteiger partial charge in [-0.1, -0.05) is 6.07 Å². The van der Waals surface area contributed by atoms with Crippen molar-refractivity contribution in [2.45, 2.75) is 38.6 Å². The second kappa shape index (κ2) is 7.05. The molecule has 0 saturated carbocycles. The fraction of sp³-hybridized carbons (Fsp3) is 0.526. The van der Waals surface area contributed by atoms with Crippen LogP contribution in [0.2, 0.25) is 0 Å². The van der Waals surface area contributed by atoms with Crippen LogP contribution < -0.4 is 0 Å². The Bertz CT molecular complexity index is 658. The van der Waals surface area contributed by atoms with E-state index in [9.17, 15) is 0 Å². The highest BCUT2D eigenvalue weighted by Gasteiger charge is 2.36. The van der Waals surface area contributed by atoms with E-state index in [0.29, 0.717) is 18.8 Å². The number of piperazine rings is 1. The summed E-state index contributed by atoms with van der Waals surface area (Å²) in [6.07, 6.45) is 3.19. The lowest BCUT2D eigenvalue weighted by Crippen LogP contribution is -2.49. The minimum Gasteiger partial charge on any atom is -0.468 e. The van der Waals surface area contributed by atoms with Gasteiger partial charge in [-0.2, -0.15) is 0 Å². The third kappa shape index (κ3) is 3.69. The molecule has 0 radical (unpaired) electrons. The summed E-state index contributed by atoms with van der Waals surface area (Å²) in [7, 11) is 0. The third-order valence-electron chi connectivity index (χ3n) is 5.03. The predicted octanol–water partition coefficient (Wildman–Crippen LogP) is 2.46. The molecule has 0 bridgehead atoms. The Balaban J connectivity index is 1.28. The number of ether oxygens (including phenoxy) is 1. The smallest absolute Gasteiger partial charge is 0.117 e. The molecule has 2 aliphatic heterocycles. The molecule has 0 aliphatic carbocycles. The fourth-order valence-electron chi connectivity index (χ4n) is 3.83. The fourth-order valence-corrected chi connectivity index (χ4v) is 3.83. The van der Waals surface area contributed by atoms with Crippen molar-refractivity contribution in [1.29, 1.82) is 0 Å². The molecule has 5 nitrogen and oxygen atoms in total. The van der Waals surface area contributed by atoms with Crippen LogP contribution in [0, 0.1) is 6.92 Å². The number of hydrogen-bond acceptors (Lipinski definition) is 5. The zero-order chi connectivity index (χ0) is 16.4. The minimum atomic E-state index is 0.320. The monoisotopic (exact) mass is 327 g/mol. The molecule has 2 fully saturated rings. The van der Waals surface area contributed by atoms with Gasteiger partial charge in [-0.25, -0.2) is 0 Å². The van der Waals surface area contributed by atoms with E-state index in [1.165, 1.54) is 0 Å². The van der Waals surface area contributed by atoms with E-state index in [-0.39, 0.29) is 0 Å². The second-order valence-corrected chi connectivity index (χ2v) is 6.90. The Labute approximate surface area is 143 Å². The number of hydrogen-bond donors (Lipinski definition) is 0. The van der Waals surface area contributed by atoms with E-state index in [1.807, 2.05) is 31.2 Å². The first-order valence-corrected chi connectivity index (χ1v) is 8.79. The zero-order valence-electron chi connectivity index (χ0n) is 14.2. The average Bonchev–Trinajstić information content (AvgIpc) is 3.22. The normalized spacial score (nSPS) is 25.0. The van der Waals surface area contributed by atoms with Crippen LogP contribution in [0.4, 0.5) is 0 Å². The van der Waals surface area contributed by atoms with Gasteiger partial charge in [0.05, 0.1) is 31.2 Å². The van der Waals surface area contributed by atoms with E-state index in [0.717, 1.165) is 56.3 Å². The molecule has 24 heavy (non-hydrogen) atoms. The number of pyridine rings is 1. The average molecular weight is 327 g/mol. The van der Waals surface area contributed by atoms with E-state index in [4.69, 9.17) is 9.15 Å². The number of aromatic nitrogens is 1. The van der Waals surface area contributed by atoms with Crippen molar-refractivity contribution in [2.24, 2.45) is 0 Å². The number of rotatable bonds is 5. The van der Waals surface area contributed by atoms with Crippen LogP contribution in [-0.2, 0) is 17.9 Å². The zero-order valence-corrected chi connectivity index (χ0v) is 14.2. The maximum atomic E-state index is 6.14. The van der Waals surface area contributed by atoms with E-state index in [1.54, 1.807) is 6.26 Å². The molecule has 2 aromatic rings. The highest BCUT2D eigenvalue weighted by atomic mass is 16.5. The SMILES string of the molecule is Cc1cccc(CO[C@H]2C[C@H]3CN(Cc4ccco4)CCN3C2)n1. The van der Waals surface area contributed by atoms with Gasteiger partial charge >= 0.3 is 0 Å². The first kappa shape index (κ1) is 15.8. The first-order valence-electron chi connectivity index (χ1n) is 8.79. The minimum absolute atomic E-state index is 0.320. The Morgan fingerprint density at radius 1 is 1.21 bits per heavy atom. The Morgan fingerprint density at radius 3 is 3.00 bits per heavy atom. The number of fused-ring (bicyclic) bond motifs is 1. The molecular weight excluding hydrogens is 302 g/mol. The van der Waals surface area contributed by atoms with Gasteiger partial charge in [0.25, 0.3) is 0 Å². The summed E-state index contributed by atoms with van der Waals surface area (Å²) in [6.45, 7) is 7.91. The van der Waals surface area contributed by atoms with Crippen molar-refractivity contribution >= 4 is 0 Å². The van der Waals surface area contributed by atoms with Crippen molar-refractivity contribution in [3.05, 3.63) is 53.7 Å².